The molecule has 3 nitrogen and oxygen atoms in total. The van der Waals surface area contributed by atoms with E-state index < -0.39 is 0 Å². The van der Waals surface area contributed by atoms with Crippen molar-refractivity contribution < 1.29 is 0 Å². The van der Waals surface area contributed by atoms with Crippen LogP contribution in [0.2, 0.25) is 0 Å². The summed E-state index contributed by atoms with van der Waals surface area (Å²) in [4.78, 5) is 8.90. The number of hydrogen-bond acceptors (Lipinski definition) is 4. The van der Waals surface area contributed by atoms with Gasteiger partial charge in [0, 0.05) is 31.2 Å². The van der Waals surface area contributed by atoms with Gasteiger partial charge in [-0.1, -0.05) is 37.1 Å². The molecule has 1 fully saturated rings. The van der Waals surface area contributed by atoms with Crippen LogP contribution in [0, 0.1) is 5.41 Å². The van der Waals surface area contributed by atoms with Crippen LogP contribution in [0.4, 0.5) is 0 Å². The van der Waals surface area contributed by atoms with Crippen LogP contribution in [0.1, 0.15) is 37.7 Å². The van der Waals surface area contributed by atoms with E-state index in [1.54, 1.807) is 0 Å². The predicted molar refractivity (Wildman–Crippen MR) is 81.4 cm³/mol. The van der Waals surface area contributed by atoms with Gasteiger partial charge in [-0.3, -0.25) is 9.98 Å². The summed E-state index contributed by atoms with van der Waals surface area (Å²) in [5, 5.41) is 4.54. The maximum Gasteiger partial charge on any atom is 0.156 e. The number of aromatic nitrogens is 1. The minimum Gasteiger partial charge on any atom is -0.361 e. The molecule has 0 amide bonds. The minimum absolute atomic E-state index is 0.516. The molecule has 0 radical (unpaired) electrons. The van der Waals surface area contributed by atoms with E-state index >= 15 is 0 Å². The zero-order chi connectivity index (χ0) is 13.0. The molecule has 1 aromatic rings. The Morgan fingerprint density at radius 3 is 2.84 bits per heavy atom. The van der Waals surface area contributed by atoms with Gasteiger partial charge in [-0.15, -0.1) is 0 Å². The van der Waals surface area contributed by atoms with E-state index in [1.807, 2.05) is 30.2 Å². The van der Waals surface area contributed by atoms with Crippen molar-refractivity contribution >= 4 is 16.9 Å². The summed E-state index contributed by atoms with van der Waals surface area (Å²) in [7, 11) is 0. The van der Waals surface area contributed by atoms with E-state index in [0.29, 0.717) is 5.41 Å². The Bertz CT molecular complexity index is 438. The molecule has 0 saturated heterocycles. The zero-order valence-electron chi connectivity index (χ0n) is 11.3. The smallest absolute Gasteiger partial charge is 0.156 e. The second-order valence-electron chi connectivity index (χ2n) is 5.69. The first-order valence-electron chi connectivity index (χ1n) is 7.16. The van der Waals surface area contributed by atoms with Crippen LogP contribution in [0.3, 0.4) is 0 Å². The molecular weight excluding hydrogens is 254 g/mol. The fourth-order valence-corrected chi connectivity index (χ4v) is 4.10. The van der Waals surface area contributed by atoms with Gasteiger partial charge >= 0.3 is 0 Å². The second kappa shape index (κ2) is 5.95. The highest BCUT2D eigenvalue weighted by atomic mass is 32.2. The first-order chi connectivity index (χ1) is 9.36. The fourth-order valence-electron chi connectivity index (χ4n) is 2.94. The number of aliphatic imine (C=N–C) groups is 1. The molecule has 2 heterocycles. The molecule has 4 heteroatoms. The summed E-state index contributed by atoms with van der Waals surface area (Å²) in [6.45, 7) is 1.85. The topological polar surface area (TPSA) is 37.3 Å². The molecule has 1 aliphatic heterocycles. The van der Waals surface area contributed by atoms with Gasteiger partial charge in [-0.2, -0.15) is 0 Å². The van der Waals surface area contributed by atoms with Gasteiger partial charge < -0.3 is 5.32 Å². The van der Waals surface area contributed by atoms with Crippen LogP contribution in [0.25, 0.3) is 0 Å². The molecule has 102 valence electrons. The van der Waals surface area contributed by atoms with E-state index in [-0.39, 0.29) is 0 Å². The van der Waals surface area contributed by atoms with E-state index in [4.69, 9.17) is 4.99 Å². The van der Waals surface area contributed by atoms with Gasteiger partial charge in [0.25, 0.3) is 0 Å². The largest absolute Gasteiger partial charge is 0.361 e. The quantitative estimate of drug-likeness (QED) is 0.900. The van der Waals surface area contributed by atoms with Gasteiger partial charge in [-0.05, 0) is 29.9 Å². The van der Waals surface area contributed by atoms with E-state index in [9.17, 15) is 0 Å². The Hall–Kier alpha value is -1.03. The number of rotatable bonds is 2. The van der Waals surface area contributed by atoms with Gasteiger partial charge in [-0.25, -0.2) is 0 Å². The number of nitrogens with zero attached hydrogens (tertiary/aromatic N) is 2. The zero-order valence-corrected chi connectivity index (χ0v) is 12.1. The Morgan fingerprint density at radius 2 is 2.16 bits per heavy atom. The standard InChI is InChI=1S/C15H21N3S/c1-2-6-15(7-3-1)11-18-14(19-12-15)17-10-13-5-4-8-16-9-13/h4-5,8-9H,1-3,6-7,10-12H2,(H,17,18). The Labute approximate surface area is 119 Å². The van der Waals surface area contributed by atoms with E-state index in [1.165, 1.54) is 43.4 Å². The Kier molecular flexibility index (Phi) is 4.06. The average Bonchev–Trinajstić information content (AvgIpc) is 2.49. The fraction of sp³-hybridized carbons (Fsp3) is 0.600. The SMILES string of the molecule is c1cncc(CNC2=NCC3(CCCCC3)CS2)c1. The monoisotopic (exact) mass is 275 g/mol. The third-order valence-corrected chi connectivity index (χ3v) is 5.46. The lowest BCUT2D eigenvalue weighted by molar-refractivity contribution is 0.232. The third kappa shape index (κ3) is 3.30. The Balaban J connectivity index is 1.53. The van der Waals surface area contributed by atoms with Gasteiger partial charge in [0.15, 0.2) is 5.17 Å². The lowest BCUT2D eigenvalue weighted by atomic mass is 9.75. The van der Waals surface area contributed by atoms with Crippen LogP contribution in [-0.2, 0) is 6.54 Å². The van der Waals surface area contributed by atoms with Crippen molar-refractivity contribution in [1.82, 2.24) is 10.3 Å². The summed E-state index contributed by atoms with van der Waals surface area (Å²) in [5.74, 6) is 1.24. The number of amidine groups is 1. The van der Waals surface area contributed by atoms with Crippen LogP contribution < -0.4 is 5.32 Å². The molecule has 0 unspecified atom stereocenters. The first-order valence-corrected chi connectivity index (χ1v) is 8.15. The van der Waals surface area contributed by atoms with Crippen LogP contribution in [-0.4, -0.2) is 22.4 Å². The summed E-state index contributed by atoms with van der Waals surface area (Å²) in [5.41, 5.74) is 1.73. The maximum atomic E-state index is 4.77. The van der Waals surface area contributed by atoms with Crippen molar-refractivity contribution in [2.75, 3.05) is 12.3 Å². The van der Waals surface area contributed by atoms with Crippen molar-refractivity contribution in [3.05, 3.63) is 30.1 Å². The van der Waals surface area contributed by atoms with E-state index in [2.05, 4.69) is 16.4 Å². The molecular formula is C15H21N3S. The highest BCUT2D eigenvalue weighted by molar-refractivity contribution is 8.13. The third-order valence-electron chi connectivity index (χ3n) is 4.15. The highest BCUT2D eigenvalue weighted by Gasteiger charge is 2.34. The molecule has 2 aliphatic rings. The lowest BCUT2D eigenvalue weighted by Gasteiger charge is -2.38. The Morgan fingerprint density at radius 1 is 1.26 bits per heavy atom. The summed E-state index contributed by atoms with van der Waals surface area (Å²) in [6.07, 6.45) is 10.7. The number of pyridine rings is 1. The molecule has 1 spiro atoms. The first kappa shape index (κ1) is 13.0. The molecule has 1 aliphatic carbocycles. The van der Waals surface area contributed by atoms with Gasteiger partial charge in [0.1, 0.15) is 0 Å². The predicted octanol–water partition coefficient (Wildman–Crippen LogP) is 3.22. The lowest BCUT2D eigenvalue weighted by Crippen LogP contribution is -2.36. The van der Waals surface area contributed by atoms with Crippen molar-refractivity contribution in [1.29, 1.82) is 0 Å². The molecule has 0 bridgehead atoms. The summed E-state index contributed by atoms with van der Waals surface area (Å²) >= 11 is 1.91. The average molecular weight is 275 g/mol. The van der Waals surface area contributed by atoms with Crippen molar-refractivity contribution in [2.24, 2.45) is 10.4 Å². The van der Waals surface area contributed by atoms with Crippen molar-refractivity contribution in [3.63, 3.8) is 0 Å². The number of thioether (sulfide) groups is 1. The summed E-state index contributed by atoms with van der Waals surface area (Å²) in [6, 6.07) is 4.07. The molecule has 1 saturated carbocycles. The minimum atomic E-state index is 0.516. The number of nitrogens with one attached hydrogen (secondary N) is 1. The maximum absolute atomic E-state index is 4.77. The van der Waals surface area contributed by atoms with Crippen LogP contribution >= 0.6 is 11.8 Å². The van der Waals surface area contributed by atoms with Crippen molar-refractivity contribution in [2.45, 2.75) is 38.6 Å². The van der Waals surface area contributed by atoms with Gasteiger partial charge in [0.2, 0.25) is 0 Å². The van der Waals surface area contributed by atoms with Crippen molar-refractivity contribution in [3.8, 4) is 0 Å². The normalized spacial score (nSPS) is 22.0. The highest BCUT2D eigenvalue weighted by Crippen LogP contribution is 2.41. The molecule has 0 aromatic carbocycles. The molecule has 3 rings (SSSR count). The molecule has 0 atom stereocenters. The summed E-state index contributed by atoms with van der Waals surface area (Å²) < 4.78 is 0. The molecule has 19 heavy (non-hydrogen) atoms. The molecule has 1 N–H and O–H groups in total. The molecule has 1 aromatic heterocycles. The van der Waals surface area contributed by atoms with Crippen LogP contribution in [0.15, 0.2) is 29.5 Å². The second-order valence-corrected chi connectivity index (χ2v) is 6.65. The number of hydrogen-bond donors (Lipinski definition) is 1. The van der Waals surface area contributed by atoms with Crippen LogP contribution in [0.5, 0.6) is 0 Å². The van der Waals surface area contributed by atoms with E-state index in [0.717, 1.165) is 18.3 Å². The van der Waals surface area contributed by atoms with Gasteiger partial charge in [0.05, 0.1) is 0 Å².